The first-order valence-electron chi connectivity index (χ1n) is 6.42. The summed E-state index contributed by atoms with van der Waals surface area (Å²) in [7, 11) is 0. The Hall–Kier alpha value is -2.02. The van der Waals surface area contributed by atoms with Crippen molar-refractivity contribution in [2.75, 3.05) is 11.4 Å². The number of nitriles is 1. The van der Waals surface area contributed by atoms with Gasteiger partial charge in [-0.25, -0.2) is 0 Å². The summed E-state index contributed by atoms with van der Waals surface area (Å²) in [6.07, 6.45) is 1.09. The highest BCUT2D eigenvalue weighted by Gasteiger charge is 2.39. The zero-order valence-corrected chi connectivity index (χ0v) is 11.3. The molecule has 1 fully saturated rings. The molecule has 4 heteroatoms. The van der Waals surface area contributed by atoms with E-state index in [9.17, 15) is 4.79 Å². The van der Waals surface area contributed by atoms with Crippen LogP contribution in [0.1, 0.15) is 32.3 Å². The van der Waals surface area contributed by atoms with Crippen LogP contribution in [0.4, 0.5) is 5.69 Å². The standard InChI is InChI=1S/C15H18N2O2/c1-15(2)8-12(7-14(18)19)10-17(15)13-5-3-11(9-16)4-6-13/h3-6,12H,7-8,10H2,1-2H3,(H,18,19). The zero-order chi connectivity index (χ0) is 14.0. The molecule has 0 radical (unpaired) electrons. The highest BCUT2D eigenvalue weighted by molar-refractivity contribution is 5.67. The lowest BCUT2D eigenvalue weighted by Gasteiger charge is -2.33. The lowest BCUT2D eigenvalue weighted by Crippen LogP contribution is -2.38. The third kappa shape index (κ3) is 2.87. The summed E-state index contributed by atoms with van der Waals surface area (Å²) >= 11 is 0. The quantitative estimate of drug-likeness (QED) is 0.905. The van der Waals surface area contributed by atoms with E-state index in [1.54, 1.807) is 12.1 Å². The Morgan fingerprint density at radius 2 is 2.11 bits per heavy atom. The summed E-state index contributed by atoms with van der Waals surface area (Å²) in [5, 5.41) is 17.7. The Kier molecular flexibility index (Phi) is 3.48. The fourth-order valence-corrected chi connectivity index (χ4v) is 2.94. The molecule has 0 aromatic heterocycles. The molecule has 1 aliphatic rings. The molecule has 1 heterocycles. The molecule has 0 bridgehead atoms. The number of carboxylic acid groups (broad SMARTS) is 1. The van der Waals surface area contributed by atoms with Crippen LogP contribution < -0.4 is 4.90 Å². The summed E-state index contributed by atoms with van der Waals surface area (Å²) in [6.45, 7) is 5.02. The van der Waals surface area contributed by atoms with Gasteiger partial charge in [-0.3, -0.25) is 4.79 Å². The summed E-state index contributed by atoms with van der Waals surface area (Å²) < 4.78 is 0. The molecule has 0 aliphatic carbocycles. The van der Waals surface area contributed by atoms with Crippen LogP contribution in [-0.4, -0.2) is 23.2 Å². The predicted octanol–water partition coefficient (Wildman–Crippen LogP) is 2.64. The fraction of sp³-hybridized carbons (Fsp3) is 0.467. The predicted molar refractivity (Wildman–Crippen MR) is 72.9 cm³/mol. The van der Waals surface area contributed by atoms with E-state index in [4.69, 9.17) is 10.4 Å². The van der Waals surface area contributed by atoms with Crippen LogP contribution >= 0.6 is 0 Å². The minimum Gasteiger partial charge on any atom is -0.481 e. The van der Waals surface area contributed by atoms with E-state index in [0.29, 0.717) is 5.56 Å². The number of aliphatic carboxylic acids is 1. The van der Waals surface area contributed by atoms with Crippen LogP contribution in [0.15, 0.2) is 24.3 Å². The van der Waals surface area contributed by atoms with E-state index in [1.807, 2.05) is 12.1 Å². The number of anilines is 1. The van der Waals surface area contributed by atoms with Gasteiger partial charge in [0, 0.05) is 24.2 Å². The van der Waals surface area contributed by atoms with Crippen LogP contribution in [0, 0.1) is 17.2 Å². The smallest absolute Gasteiger partial charge is 0.303 e. The van der Waals surface area contributed by atoms with Crippen molar-refractivity contribution in [1.82, 2.24) is 0 Å². The average Bonchev–Trinajstić information content (AvgIpc) is 2.63. The molecule has 1 aromatic rings. The fourth-order valence-electron chi connectivity index (χ4n) is 2.94. The topological polar surface area (TPSA) is 64.3 Å². The summed E-state index contributed by atoms with van der Waals surface area (Å²) in [4.78, 5) is 13.1. The first kappa shape index (κ1) is 13.4. The normalized spacial score (nSPS) is 21.1. The summed E-state index contributed by atoms with van der Waals surface area (Å²) in [5.41, 5.74) is 1.65. The maximum absolute atomic E-state index is 10.8. The van der Waals surface area contributed by atoms with E-state index in [0.717, 1.165) is 18.7 Å². The van der Waals surface area contributed by atoms with Gasteiger partial charge >= 0.3 is 5.97 Å². The molecule has 100 valence electrons. The monoisotopic (exact) mass is 258 g/mol. The van der Waals surface area contributed by atoms with Crippen molar-refractivity contribution in [2.24, 2.45) is 5.92 Å². The van der Waals surface area contributed by atoms with Gasteiger partial charge in [0.25, 0.3) is 0 Å². The second-order valence-electron chi connectivity index (χ2n) is 5.75. The van der Waals surface area contributed by atoms with E-state index >= 15 is 0 Å². The van der Waals surface area contributed by atoms with Gasteiger partial charge in [-0.15, -0.1) is 0 Å². The lowest BCUT2D eigenvalue weighted by molar-refractivity contribution is -0.137. The zero-order valence-electron chi connectivity index (χ0n) is 11.3. The molecule has 0 spiro atoms. The second-order valence-corrected chi connectivity index (χ2v) is 5.75. The highest BCUT2D eigenvalue weighted by atomic mass is 16.4. The van der Waals surface area contributed by atoms with Crippen molar-refractivity contribution >= 4 is 11.7 Å². The largest absolute Gasteiger partial charge is 0.481 e. The number of rotatable bonds is 3. The van der Waals surface area contributed by atoms with E-state index < -0.39 is 5.97 Å². The minimum absolute atomic E-state index is 0.0473. The van der Waals surface area contributed by atoms with Gasteiger partial charge in [0.1, 0.15) is 0 Å². The third-order valence-electron chi connectivity index (χ3n) is 3.73. The third-order valence-corrected chi connectivity index (χ3v) is 3.73. The Bertz CT molecular complexity index is 514. The van der Waals surface area contributed by atoms with Crippen molar-refractivity contribution in [1.29, 1.82) is 5.26 Å². The van der Waals surface area contributed by atoms with Crippen molar-refractivity contribution in [3.05, 3.63) is 29.8 Å². The molecule has 1 N–H and O–H groups in total. The van der Waals surface area contributed by atoms with Gasteiger partial charge in [-0.1, -0.05) is 0 Å². The number of hydrogen-bond acceptors (Lipinski definition) is 3. The molecule has 0 amide bonds. The minimum atomic E-state index is -0.734. The number of carboxylic acids is 1. The Labute approximate surface area is 113 Å². The highest BCUT2D eigenvalue weighted by Crippen LogP contribution is 2.38. The maximum Gasteiger partial charge on any atom is 0.303 e. The molecule has 1 aromatic carbocycles. The molecule has 1 unspecified atom stereocenters. The molecule has 1 aliphatic heterocycles. The van der Waals surface area contributed by atoms with Gasteiger partial charge in [-0.05, 0) is 50.5 Å². The van der Waals surface area contributed by atoms with Gasteiger partial charge in [-0.2, -0.15) is 5.26 Å². The Morgan fingerprint density at radius 1 is 1.47 bits per heavy atom. The molecule has 2 rings (SSSR count). The van der Waals surface area contributed by atoms with Crippen LogP contribution in [0.3, 0.4) is 0 Å². The van der Waals surface area contributed by atoms with Crippen LogP contribution in [0.2, 0.25) is 0 Å². The second kappa shape index (κ2) is 4.93. The molecule has 19 heavy (non-hydrogen) atoms. The molecule has 4 nitrogen and oxygen atoms in total. The van der Waals surface area contributed by atoms with E-state index in [-0.39, 0.29) is 17.9 Å². The van der Waals surface area contributed by atoms with Crippen LogP contribution in [0.25, 0.3) is 0 Å². The summed E-state index contributed by atoms with van der Waals surface area (Å²) in [5.74, 6) is -0.550. The first-order chi connectivity index (χ1) is 8.92. The van der Waals surface area contributed by atoms with Gasteiger partial charge in [0.05, 0.1) is 11.6 Å². The average molecular weight is 258 g/mol. The van der Waals surface area contributed by atoms with Crippen molar-refractivity contribution < 1.29 is 9.90 Å². The van der Waals surface area contributed by atoms with Crippen molar-refractivity contribution in [2.45, 2.75) is 32.2 Å². The summed E-state index contributed by atoms with van der Waals surface area (Å²) in [6, 6.07) is 9.58. The van der Waals surface area contributed by atoms with Crippen molar-refractivity contribution in [3.63, 3.8) is 0 Å². The number of hydrogen-bond donors (Lipinski definition) is 1. The van der Waals surface area contributed by atoms with E-state index in [1.165, 1.54) is 0 Å². The maximum atomic E-state index is 10.8. The lowest BCUT2D eigenvalue weighted by atomic mass is 9.94. The number of nitrogens with zero attached hydrogens (tertiary/aromatic N) is 2. The first-order valence-corrected chi connectivity index (χ1v) is 6.42. The molecule has 0 saturated carbocycles. The number of benzene rings is 1. The molecular formula is C15H18N2O2. The van der Waals surface area contributed by atoms with Gasteiger partial charge in [0.15, 0.2) is 0 Å². The Morgan fingerprint density at radius 3 is 2.63 bits per heavy atom. The van der Waals surface area contributed by atoms with Crippen molar-refractivity contribution in [3.8, 4) is 6.07 Å². The number of carbonyl (C=O) groups is 1. The van der Waals surface area contributed by atoms with Crippen LogP contribution in [0.5, 0.6) is 0 Å². The molecule has 1 atom stereocenters. The van der Waals surface area contributed by atoms with Crippen LogP contribution in [-0.2, 0) is 4.79 Å². The SMILES string of the molecule is CC1(C)CC(CC(=O)O)CN1c1ccc(C#N)cc1. The van der Waals surface area contributed by atoms with E-state index in [2.05, 4.69) is 24.8 Å². The van der Waals surface area contributed by atoms with Gasteiger partial charge in [0.2, 0.25) is 0 Å². The molecular weight excluding hydrogens is 240 g/mol. The Balaban J connectivity index is 2.19. The van der Waals surface area contributed by atoms with Gasteiger partial charge < -0.3 is 10.0 Å². The molecule has 1 saturated heterocycles.